The number of nitrogens with zero attached hydrogens (tertiary/aromatic N) is 2. The van der Waals surface area contributed by atoms with Crippen LogP contribution in [0.25, 0.3) is 44.5 Å². The number of benzene rings is 10. The van der Waals surface area contributed by atoms with Crippen LogP contribution in [0, 0.1) is 17.8 Å². The average Bonchev–Trinajstić information content (AvgIpc) is 3.93. The average molecular weight is 1020 g/mol. The van der Waals surface area contributed by atoms with Crippen LogP contribution in [-0.4, -0.2) is 0 Å². The molecule has 4 fully saturated rings. The molecule has 10 aromatic rings. The molecule has 9 aliphatic carbocycles. The molecule has 79 heavy (non-hydrogen) atoms. The van der Waals surface area contributed by atoms with Gasteiger partial charge in [0.25, 0.3) is 0 Å². The van der Waals surface area contributed by atoms with Crippen molar-refractivity contribution in [3.63, 3.8) is 0 Å². The molecule has 0 N–H and O–H groups in total. The Labute approximate surface area is 468 Å². The van der Waals surface area contributed by atoms with Crippen LogP contribution in [0.15, 0.2) is 237 Å². The van der Waals surface area contributed by atoms with Gasteiger partial charge in [-0.3, -0.25) is 0 Å². The molecule has 2 nitrogen and oxygen atoms in total. The van der Waals surface area contributed by atoms with E-state index in [1.807, 2.05) is 0 Å². The third-order valence-electron chi connectivity index (χ3n) is 19.4. The van der Waals surface area contributed by atoms with Crippen molar-refractivity contribution in [3.8, 4) is 44.5 Å². The predicted octanol–water partition coefficient (Wildman–Crippen LogP) is 20.3. The molecule has 0 aliphatic heterocycles. The third kappa shape index (κ3) is 8.46. The maximum atomic E-state index is 2.58. The molecule has 0 radical (unpaired) electrons. The van der Waals surface area contributed by atoms with E-state index >= 15 is 0 Å². The van der Waals surface area contributed by atoms with Crippen LogP contribution in [-0.2, 0) is 36.5 Å². The zero-order valence-electron chi connectivity index (χ0n) is 45.7. The van der Waals surface area contributed by atoms with E-state index in [-0.39, 0.29) is 5.41 Å². The molecule has 9 aliphatic rings. The second-order valence-corrected chi connectivity index (χ2v) is 24.6. The molecule has 0 saturated heterocycles. The Balaban J connectivity index is 0.820. The number of hydrogen-bond donors (Lipinski definition) is 0. The summed E-state index contributed by atoms with van der Waals surface area (Å²) in [5.41, 5.74) is 27.4. The summed E-state index contributed by atoms with van der Waals surface area (Å²) in [6.45, 7) is 4.80. The topological polar surface area (TPSA) is 6.48 Å². The number of hydrogen-bond acceptors (Lipinski definition) is 2. The van der Waals surface area contributed by atoms with Crippen molar-refractivity contribution in [2.45, 2.75) is 88.9 Å². The number of fused-ring (bicyclic) bond motifs is 3. The maximum Gasteiger partial charge on any atom is 0.0496 e. The number of aryl methyl sites for hydroxylation is 4. The first-order valence-corrected chi connectivity index (χ1v) is 29.4. The second kappa shape index (κ2) is 19.3. The summed E-state index contributed by atoms with van der Waals surface area (Å²) in [4.78, 5) is 5.13. The molecule has 0 heterocycles. The molecule has 8 bridgehead atoms. The van der Waals surface area contributed by atoms with E-state index in [9.17, 15) is 0 Å². The lowest BCUT2D eigenvalue weighted by molar-refractivity contribution is -0.00518. The molecule has 0 unspecified atom stereocenters. The van der Waals surface area contributed by atoms with E-state index in [1.54, 1.807) is 5.56 Å². The van der Waals surface area contributed by atoms with Gasteiger partial charge in [0.2, 0.25) is 0 Å². The summed E-state index contributed by atoms with van der Waals surface area (Å²) < 4.78 is 0. The second-order valence-electron chi connectivity index (χ2n) is 24.6. The Morgan fingerprint density at radius 1 is 0.342 bits per heavy atom. The van der Waals surface area contributed by atoms with E-state index in [4.69, 9.17) is 0 Å². The summed E-state index contributed by atoms with van der Waals surface area (Å²) in [7, 11) is 0. The standard InChI is InChI=1S/C77H68N2/c1-76(2)71-24-13-12-21-69(71)70-42-41-66(48-72(70)76)79(64-37-33-61(34-38-64)75-67(57-15-6-3-7-16-57)22-14-23-68(75)58-17-8-4-9-18-58)74-47-53-26-30-59-29-25-52(27-31-60(74)32-28-53)46-73(59)78(63-19-10-5-11-20-63)65-39-35-62(36-40-65)77-49-54-43-55(50-77)45-56(44-54)51-77/h3-25,28-29,32-42,46-48,54-56H,26-27,30-31,43-45,49-51H2,1-2H3. The van der Waals surface area contributed by atoms with Gasteiger partial charge in [0.1, 0.15) is 0 Å². The van der Waals surface area contributed by atoms with Crippen LogP contribution in [0.4, 0.5) is 34.1 Å². The first kappa shape index (κ1) is 48.0. The largest absolute Gasteiger partial charge is 0.310 e. The molecule has 0 amide bonds. The molecule has 2 heteroatoms. The van der Waals surface area contributed by atoms with Crippen LogP contribution >= 0.6 is 0 Å². The van der Waals surface area contributed by atoms with Crippen LogP contribution in [0.1, 0.15) is 91.3 Å². The van der Waals surface area contributed by atoms with Gasteiger partial charge in [-0.2, -0.15) is 0 Å². The van der Waals surface area contributed by atoms with Crippen LogP contribution in [0.2, 0.25) is 0 Å². The molecule has 0 atom stereocenters. The first-order valence-electron chi connectivity index (χ1n) is 29.4. The van der Waals surface area contributed by atoms with Crippen molar-refractivity contribution < 1.29 is 0 Å². The Bertz CT molecular complexity index is 3800. The van der Waals surface area contributed by atoms with E-state index in [0.717, 1.165) is 49.1 Å². The van der Waals surface area contributed by atoms with E-state index < -0.39 is 0 Å². The van der Waals surface area contributed by atoms with Gasteiger partial charge in [0.15, 0.2) is 0 Å². The Morgan fingerprint density at radius 2 is 0.797 bits per heavy atom. The molecule has 19 rings (SSSR count). The maximum absolute atomic E-state index is 2.58. The van der Waals surface area contributed by atoms with Crippen molar-refractivity contribution in [1.82, 2.24) is 0 Å². The van der Waals surface area contributed by atoms with Gasteiger partial charge in [0, 0.05) is 39.5 Å². The van der Waals surface area contributed by atoms with E-state index in [0.29, 0.717) is 5.41 Å². The summed E-state index contributed by atoms with van der Waals surface area (Å²) in [6, 6.07) is 90.1. The van der Waals surface area contributed by atoms with Crippen LogP contribution in [0.5, 0.6) is 0 Å². The number of anilines is 6. The number of rotatable bonds is 10. The van der Waals surface area contributed by atoms with E-state index in [2.05, 4.69) is 260 Å². The van der Waals surface area contributed by atoms with Gasteiger partial charge >= 0.3 is 0 Å². The zero-order valence-corrected chi connectivity index (χ0v) is 45.7. The zero-order chi connectivity index (χ0) is 52.7. The quantitative estimate of drug-likeness (QED) is 0.135. The minimum atomic E-state index is -0.137. The number of para-hydroxylation sites is 1. The SMILES string of the molecule is CC1(C)c2ccccc2-c2ccc(N(c3ccc(-c4c(-c5ccccc5)cccc4-c4ccccc4)cc3)c3cc4ccc3CCc3ccc(c(N(c5ccccc5)c5ccc(C67CC8CC(CC(C8)C6)C7)cc5)c3)CC4)cc21. The summed E-state index contributed by atoms with van der Waals surface area (Å²) in [5, 5.41) is 0. The molecular formula is C77H68N2. The predicted molar refractivity (Wildman–Crippen MR) is 331 cm³/mol. The van der Waals surface area contributed by atoms with Crippen molar-refractivity contribution in [2.75, 3.05) is 9.80 Å². The molecule has 0 aromatic heterocycles. The van der Waals surface area contributed by atoms with Crippen LogP contribution in [0.3, 0.4) is 0 Å². The highest BCUT2D eigenvalue weighted by atomic mass is 15.2. The highest BCUT2D eigenvalue weighted by Gasteiger charge is 2.51. The monoisotopic (exact) mass is 1020 g/mol. The third-order valence-corrected chi connectivity index (χ3v) is 19.4. The summed E-state index contributed by atoms with van der Waals surface area (Å²) in [5.74, 6) is 2.79. The molecular weight excluding hydrogens is 953 g/mol. The molecule has 0 spiro atoms. The minimum Gasteiger partial charge on any atom is -0.310 e. The van der Waals surface area contributed by atoms with Crippen molar-refractivity contribution in [1.29, 1.82) is 0 Å². The minimum absolute atomic E-state index is 0.137. The first-order chi connectivity index (χ1) is 38.8. The normalized spacial score (nSPS) is 20.1. The fourth-order valence-electron chi connectivity index (χ4n) is 16.0. The van der Waals surface area contributed by atoms with E-state index in [1.165, 1.54) is 145 Å². The summed E-state index contributed by atoms with van der Waals surface area (Å²) >= 11 is 0. The van der Waals surface area contributed by atoms with Gasteiger partial charge in [0.05, 0.1) is 0 Å². The fourth-order valence-corrected chi connectivity index (χ4v) is 16.0. The van der Waals surface area contributed by atoms with Crippen molar-refractivity contribution >= 4 is 34.1 Å². The van der Waals surface area contributed by atoms with Crippen molar-refractivity contribution in [2.24, 2.45) is 17.8 Å². The fraction of sp³-hybridized carbons (Fsp3) is 0.221. The smallest absolute Gasteiger partial charge is 0.0496 e. The highest BCUT2D eigenvalue weighted by molar-refractivity contribution is 5.95. The molecule has 4 saturated carbocycles. The van der Waals surface area contributed by atoms with Gasteiger partial charge in [-0.1, -0.05) is 190 Å². The summed E-state index contributed by atoms with van der Waals surface area (Å²) in [6.07, 6.45) is 12.3. The Hall–Kier alpha value is -8.20. The molecule has 10 aromatic carbocycles. The lowest BCUT2D eigenvalue weighted by atomic mass is 9.48. The molecule has 386 valence electrons. The van der Waals surface area contributed by atoms with Crippen LogP contribution < -0.4 is 9.80 Å². The lowest BCUT2D eigenvalue weighted by Crippen LogP contribution is -2.48. The van der Waals surface area contributed by atoms with Gasteiger partial charge in [-0.25, -0.2) is 0 Å². The van der Waals surface area contributed by atoms with Gasteiger partial charge < -0.3 is 9.80 Å². The highest BCUT2D eigenvalue weighted by Crippen LogP contribution is 2.61. The van der Waals surface area contributed by atoms with Gasteiger partial charge in [-0.05, 0) is 231 Å². The van der Waals surface area contributed by atoms with Crippen molar-refractivity contribution in [3.05, 3.63) is 276 Å². The Morgan fingerprint density at radius 3 is 1.37 bits per heavy atom. The lowest BCUT2D eigenvalue weighted by Gasteiger charge is -2.57. The van der Waals surface area contributed by atoms with Gasteiger partial charge in [-0.15, -0.1) is 0 Å². The Kier molecular flexibility index (Phi) is 11.7.